The Morgan fingerprint density at radius 2 is 1.65 bits per heavy atom. The molecule has 46 heavy (non-hydrogen) atoms. The van der Waals surface area contributed by atoms with Crippen molar-refractivity contribution >= 4 is 52.5 Å². The summed E-state index contributed by atoms with van der Waals surface area (Å²) in [5.74, 6) is -2.12. The third kappa shape index (κ3) is 5.17. The van der Waals surface area contributed by atoms with E-state index >= 15 is 4.79 Å². The van der Waals surface area contributed by atoms with Crippen LogP contribution in [-0.4, -0.2) is 63.5 Å². The molecule has 3 aliphatic heterocycles. The number of thioether (sulfide) groups is 1. The van der Waals surface area contributed by atoms with Gasteiger partial charge in [-0.3, -0.25) is 14.4 Å². The van der Waals surface area contributed by atoms with Gasteiger partial charge in [0.1, 0.15) is 6.04 Å². The zero-order valence-corrected chi connectivity index (χ0v) is 27.4. The Kier molecular flexibility index (Phi) is 9.15. The van der Waals surface area contributed by atoms with Gasteiger partial charge in [-0.1, -0.05) is 84.4 Å². The number of likely N-dealkylation sites (tertiary alicyclic amines) is 1. The lowest BCUT2D eigenvalue weighted by Gasteiger charge is -2.40. The molecule has 0 aromatic heterocycles. The monoisotopic (exact) mass is 655 g/mol. The number of para-hydroxylation sites is 2. The fraction of sp³-hybridized carbons (Fsp3) is 0.324. The molecule has 3 aromatic rings. The fourth-order valence-electron chi connectivity index (χ4n) is 7.79. The van der Waals surface area contributed by atoms with Crippen LogP contribution in [0.15, 0.2) is 104 Å². The van der Waals surface area contributed by atoms with Crippen molar-refractivity contribution in [1.82, 2.24) is 4.90 Å². The Morgan fingerprint density at radius 3 is 2.28 bits per heavy atom. The lowest BCUT2D eigenvalue weighted by molar-refractivity contribution is -0.142. The molecule has 3 saturated heterocycles. The highest BCUT2D eigenvalue weighted by atomic mass is 35.5. The maximum atomic E-state index is 15.1. The van der Waals surface area contributed by atoms with E-state index in [1.54, 1.807) is 44.7 Å². The highest BCUT2D eigenvalue weighted by Gasteiger charge is 2.75. The molecule has 7 nitrogen and oxygen atoms in total. The maximum Gasteiger partial charge on any atom is 0.251 e. The second-order valence-corrected chi connectivity index (χ2v) is 14.1. The van der Waals surface area contributed by atoms with Gasteiger partial charge >= 0.3 is 0 Å². The van der Waals surface area contributed by atoms with Gasteiger partial charge in [0, 0.05) is 24.0 Å². The van der Waals surface area contributed by atoms with Gasteiger partial charge in [-0.2, -0.15) is 0 Å². The number of aryl methyl sites for hydroxylation is 1. The summed E-state index contributed by atoms with van der Waals surface area (Å²) in [5, 5.41) is 11.2. The third-order valence-corrected chi connectivity index (χ3v) is 11.9. The van der Waals surface area contributed by atoms with Crippen LogP contribution >= 0.6 is 23.4 Å². The molecular formula is C37H38ClN3O4S. The molecule has 3 aromatic carbocycles. The van der Waals surface area contributed by atoms with E-state index in [0.717, 1.165) is 16.8 Å². The predicted octanol–water partition coefficient (Wildman–Crippen LogP) is 6.21. The summed E-state index contributed by atoms with van der Waals surface area (Å²) in [6.45, 7) is 9.79. The summed E-state index contributed by atoms with van der Waals surface area (Å²) in [5.41, 5.74) is 2.83. The lowest BCUT2D eigenvalue weighted by Crippen LogP contribution is -2.56. The minimum Gasteiger partial charge on any atom is -0.394 e. The quantitative estimate of drug-likeness (QED) is 0.249. The molecule has 6 atom stereocenters. The van der Waals surface area contributed by atoms with Gasteiger partial charge < -0.3 is 19.8 Å². The first-order chi connectivity index (χ1) is 22.3. The molecule has 3 amide bonds. The Balaban J connectivity index is 1.49. The second kappa shape index (κ2) is 13.1. The number of fused-ring (bicyclic) bond motifs is 1. The van der Waals surface area contributed by atoms with Crippen LogP contribution in [0.2, 0.25) is 5.02 Å². The first kappa shape index (κ1) is 32.1. The second-order valence-electron chi connectivity index (χ2n) is 12.1. The van der Waals surface area contributed by atoms with E-state index in [2.05, 4.69) is 13.2 Å². The number of hydrogen-bond acceptors (Lipinski definition) is 5. The molecular weight excluding hydrogens is 618 g/mol. The van der Waals surface area contributed by atoms with Crippen LogP contribution in [0.5, 0.6) is 0 Å². The number of amides is 3. The Morgan fingerprint density at radius 1 is 1.00 bits per heavy atom. The van der Waals surface area contributed by atoms with Crippen molar-refractivity contribution in [3.8, 4) is 0 Å². The molecule has 9 heteroatoms. The average molecular weight is 656 g/mol. The zero-order chi connectivity index (χ0) is 32.6. The first-order valence-corrected chi connectivity index (χ1v) is 16.8. The van der Waals surface area contributed by atoms with Crippen molar-refractivity contribution in [3.05, 3.63) is 120 Å². The SMILES string of the molecule is C=CCN(C(=O)[C@@H]1[C@H]2C(=O)N([C@H](CO)c3ccccc3)C(C(=O)N(CC=C)c3c(C)cccc3Cl)C23CC[C@H]1S3)c1ccccc1. The van der Waals surface area contributed by atoms with Crippen LogP contribution in [0, 0.1) is 18.8 Å². The summed E-state index contributed by atoms with van der Waals surface area (Å²) in [6, 6.07) is 22.4. The molecule has 3 aliphatic rings. The van der Waals surface area contributed by atoms with Crippen molar-refractivity contribution in [2.45, 2.75) is 41.8 Å². The smallest absolute Gasteiger partial charge is 0.251 e. The molecule has 2 unspecified atom stereocenters. The predicted molar refractivity (Wildman–Crippen MR) is 185 cm³/mol. The van der Waals surface area contributed by atoms with E-state index < -0.39 is 28.7 Å². The molecule has 0 saturated carbocycles. The highest BCUT2D eigenvalue weighted by Crippen LogP contribution is 2.67. The Labute approximate surface area is 279 Å². The molecule has 238 valence electrons. The van der Waals surface area contributed by atoms with Crippen LogP contribution in [0.3, 0.4) is 0 Å². The van der Waals surface area contributed by atoms with Crippen LogP contribution in [0.25, 0.3) is 0 Å². The Bertz CT molecular complexity index is 1630. The molecule has 1 N–H and O–H groups in total. The molecule has 1 spiro atoms. The highest BCUT2D eigenvalue weighted by molar-refractivity contribution is 8.02. The number of benzene rings is 3. The molecule has 6 rings (SSSR count). The third-order valence-electron chi connectivity index (χ3n) is 9.63. The number of halogens is 1. The van der Waals surface area contributed by atoms with Crippen molar-refractivity contribution < 1.29 is 19.5 Å². The number of nitrogens with zero attached hydrogens (tertiary/aromatic N) is 3. The zero-order valence-electron chi connectivity index (χ0n) is 25.8. The summed E-state index contributed by atoms with van der Waals surface area (Å²) >= 11 is 8.32. The summed E-state index contributed by atoms with van der Waals surface area (Å²) in [6.07, 6.45) is 4.63. The number of hydrogen-bond donors (Lipinski definition) is 1. The minimum atomic E-state index is -0.949. The standard InChI is InChI=1S/C37H38ClN3O4S/c1-4-21-39(26-16-10-7-11-17-26)34(43)30-29-19-20-37(46-29)31(30)35(44)41(28(23-42)25-14-8-6-9-15-25)33(37)36(45)40(22-5-2)32-24(3)13-12-18-27(32)38/h4-18,28-31,33,42H,1-2,19-23H2,3H3/t28-,29-,30+,31+,33?,37?/m1/s1. The van der Waals surface area contributed by atoms with Gasteiger partial charge in [-0.25, -0.2) is 0 Å². The van der Waals surface area contributed by atoms with Crippen LogP contribution < -0.4 is 9.80 Å². The minimum absolute atomic E-state index is 0.130. The van der Waals surface area contributed by atoms with Crippen LogP contribution in [-0.2, 0) is 14.4 Å². The number of rotatable bonds is 11. The van der Waals surface area contributed by atoms with Gasteiger partial charge in [0.15, 0.2) is 0 Å². The molecule has 3 heterocycles. The van der Waals surface area contributed by atoms with E-state index in [1.807, 2.05) is 79.7 Å². The van der Waals surface area contributed by atoms with E-state index in [4.69, 9.17) is 11.6 Å². The van der Waals surface area contributed by atoms with E-state index in [0.29, 0.717) is 30.1 Å². The molecule has 2 bridgehead atoms. The van der Waals surface area contributed by atoms with Crippen LogP contribution in [0.1, 0.15) is 30.0 Å². The summed E-state index contributed by atoms with van der Waals surface area (Å²) in [4.78, 5) is 49.5. The van der Waals surface area contributed by atoms with Crippen molar-refractivity contribution in [2.75, 3.05) is 29.5 Å². The summed E-state index contributed by atoms with van der Waals surface area (Å²) < 4.78 is -0.869. The van der Waals surface area contributed by atoms with Gasteiger partial charge in [0.25, 0.3) is 5.91 Å². The van der Waals surface area contributed by atoms with Crippen LogP contribution in [0.4, 0.5) is 11.4 Å². The van der Waals surface area contributed by atoms with Gasteiger partial charge in [-0.15, -0.1) is 24.9 Å². The number of carbonyl (C=O) groups is 3. The topological polar surface area (TPSA) is 81.2 Å². The molecule has 0 aliphatic carbocycles. The number of anilines is 2. The normalized spacial score (nSPS) is 25.2. The van der Waals surface area contributed by atoms with Gasteiger partial charge in [-0.05, 0) is 49.1 Å². The Hall–Kier alpha value is -3.85. The van der Waals surface area contributed by atoms with E-state index in [1.165, 1.54) is 0 Å². The fourth-order valence-corrected chi connectivity index (χ4v) is 10.3. The van der Waals surface area contributed by atoms with E-state index in [9.17, 15) is 14.7 Å². The number of aliphatic hydroxyl groups is 1. The number of aliphatic hydroxyl groups excluding tert-OH is 1. The first-order valence-electron chi connectivity index (χ1n) is 15.6. The van der Waals surface area contributed by atoms with Gasteiger partial charge in [0.05, 0.1) is 39.9 Å². The van der Waals surface area contributed by atoms with E-state index in [-0.39, 0.29) is 36.1 Å². The average Bonchev–Trinajstić information content (AvgIpc) is 3.71. The number of carbonyl (C=O) groups excluding carboxylic acids is 3. The maximum absolute atomic E-state index is 15.1. The van der Waals surface area contributed by atoms with Crippen molar-refractivity contribution in [1.29, 1.82) is 0 Å². The lowest BCUT2D eigenvalue weighted by atomic mass is 9.70. The van der Waals surface area contributed by atoms with Crippen molar-refractivity contribution in [3.63, 3.8) is 0 Å². The van der Waals surface area contributed by atoms with Gasteiger partial charge in [0.2, 0.25) is 11.8 Å². The molecule has 0 radical (unpaired) electrons. The largest absolute Gasteiger partial charge is 0.394 e. The molecule has 3 fully saturated rings. The summed E-state index contributed by atoms with van der Waals surface area (Å²) in [7, 11) is 0. The van der Waals surface area contributed by atoms with Crippen molar-refractivity contribution in [2.24, 2.45) is 11.8 Å².